The molecule has 2 aromatic heterocycles. The normalized spacial score (nSPS) is 17.5. The van der Waals surface area contributed by atoms with Crippen molar-refractivity contribution >= 4 is 28.5 Å². The second-order valence-electron chi connectivity index (χ2n) is 8.92. The summed E-state index contributed by atoms with van der Waals surface area (Å²) in [7, 11) is 3.60. The number of rotatable bonds is 6. The highest BCUT2D eigenvalue weighted by Gasteiger charge is 2.45. The number of hydrogen-bond donors (Lipinski definition) is 1. The average Bonchev–Trinajstić information content (AvgIpc) is 3.19. The Morgan fingerprint density at radius 3 is 2.66 bits per heavy atom. The number of methoxy groups -OCH3 is 1. The zero-order chi connectivity index (χ0) is 24.5. The highest BCUT2D eigenvalue weighted by atomic mass is 16.5. The van der Waals surface area contributed by atoms with Crippen molar-refractivity contribution in [3.63, 3.8) is 0 Å². The molecule has 0 saturated heterocycles. The Balaban J connectivity index is 1.70. The summed E-state index contributed by atoms with van der Waals surface area (Å²) in [6.07, 6.45) is 3.71. The second-order valence-corrected chi connectivity index (χ2v) is 8.92. The van der Waals surface area contributed by atoms with Gasteiger partial charge in [-0.25, -0.2) is 4.98 Å². The van der Waals surface area contributed by atoms with E-state index in [-0.39, 0.29) is 11.8 Å². The van der Waals surface area contributed by atoms with E-state index in [9.17, 15) is 9.59 Å². The van der Waals surface area contributed by atoms with Crippen LogP contribution in [0.25, 0.3) is 10.9 Å². The van der Waals surface area contributed by atoms with Crippen molar-refractivity contribution in [3.8, 4) is 0 Å². The molecule has 2 amide bonds. The molecule has 7 heteroatoms. The van der Waals surface area contributed by atoms with Gasteiger partial charge in [0, 0.05) is 55.1 Å². The van der Waals surface area contributed by atoms with E-state index in [0.717, 1.165) is 22.0 Å². The highest BCUT2D eigenvalue weighted by Crippen LogP contribution is 2.45. The lowest BCUT2D eigenvalue weighted by atomic mass is 9.79. The van der Waals surface area contributed by atoms with Crippen molar-refractivity contribution in [1.82, 2.24) is 14.5 Å². The Hall–Kier alpha value is -3.97. The molecule has 35 heavy (non-hydrogen) atoms. The maximum Gasteiger partial charge on any atom is 0.254 e. The smallest absolute Gasteiger partial charge is 0.254 e. The zero-order valence-corrected chi connectivity index (χ0v) is 20.1. The van der Waals surface area contributed by atoms with Gasteiger partial charge in [0.25, 0.3) is 5.91 Å². The quantitative estimate of drug-likeness (QED) is 0.454. The van der Waals surface area contributed by atoms with Gasteiger partial charge in [0.2, 0.25) is 5.91 Å². The molecule has 178 valence electrons. The fraction of sp³-hybridized carbons (Fsp3) is 0.250. The summed E-state index contributed by atoms with van der Waals surface area (Å²) in [5, 5.41) is 4.03. The predicted molar refractivity (Wildman–Crippen MR) is 135 cm³/mol. The van der Waals surface area contributed by atoms with Crippen LogP contribution in [-0.4, -0.2) is 46.5 Å². The summed E-state index contributed by atoms with van der Waals surface area (Å²) in [6.45, 7) is 2.68. The van der Waals surface area contributed by atoms with Crippen molar-refractivity contribution in [3.05, 3.63) is 95.3 Å². The molecule has 0 spiro atoms. The summed E-state index contributed by atoms with van der Waals surface area (Å²) in [4.78, 5) is 33.8. The van der Waals surface area contributed by atoms with Crippen LogP contribution >= 0.6 is 0 Å². The van der Waals surface area contributed by atoms with E-state index in [1.807, 2.05) is 79.3 Å². The SMILES string of the molecule is COCCN1C(=O)c2ccccc2C(C(=O)Nc2cc(C)ccn2)C1c1cn(C)c2ccccc12. The van der Waals surface area contributed by atoms with Crippen LogP contribution in [0.2, 0.25) is 0 Å². The number of para-hydroxylation sites is 1. The van der Waals surface area contributed by atoms with Gasteiger partial charge in [-0.15, -0.1) is 0 Å². The Labute approximate surface area is 204 Å². The molecule has 0 saturated carbocycles. The zero-order valence-electron chi connectivity index (χ0n) is 20.1. The first-order valence-electron chi connectivity index (χ1n) is 11.7. The number of anilines is 1. The number of hydrogen-bond acceptors (Lipinski definition) is 4. The number of aromatic nitrogens is 2. The van der Waals surface area contributed by atoms with Gasteiger partial charge in [-0.3, -0.25) is 9.59 Å². The van der Waals surface area contributed by atoms with Crippen molar-refractivity contribution in [2.75, 3.05) is 25.6 Å². The summed E-state index contributed by atoms with van der Waals surface area (Å²) in [5.74, 6) is -0.449. The van der Waals surface area contributed by atoms with Gasteiger partial charge in [0.05, 0.1) is 18.6 Å². The molecular weight excluding hydrogens is 440 g/mol. The topological polar surface area (TPSA) is 76.5 Å². The van der Waals surface area contributed by atoms with Crippen LogP contribution in [0.3, 0.4) is 0 Å². The Morgan fingerprint density at radius 1 is 1.09 bits per heavy atom. The van der Waals surface area contributed by atoms with Gasteiger partial charge in [-0.2, -0.15) is 0 Å². The molecule has 2 unspecified atom stereocenters. The monoisotopic (exact) mass is 468 g/mol. The van der Waals surface area contributed by atoms with Crippen molar-refractivity contribution in [2.45, 2.75) is 18.9 Å². The Bertz CT molecular complexity index is 1410. The predicted octanol–water partition coefficient (Wildman–Crippen LogP) is 4.45. The summed E-state index contributed by atoms with van der Waals surface area (Å²) in [5.41, 5.74) is 4.23. The van der Waals surface area contributed by atoms with Gasteiger partial charge in [-0.05, 0) is 42.3 Å². The molecule has 0 radical (unpaired) electrons. The molecule has 0 aliphatic carbocycles. The third-order valence-corrected chi connectivity index (χ3v) is 6.67. The third kappa shape index (κ3) is 4.08. The lowest BCUT2D eigenvalue weighted by molar-refractivity contribution is -0.119. The number of aryl methyl sites for hydroxylation is 2. The van der Waals surface area contributed by atoms with Gasteiger partial charge >= 0.3 is 0 Å². The van der Waals surface area contributed by atoms with Crippen molar-refractivity contribution < 1.29 is 14.3 Å². The first-order valence-corrected chi connectivity index (χ1v) is 11.7. The van der Waals surface area contributed by atoms with E-state index in [2.05, 4.69) is 10.3 Å². The first-order chi connectivity index (χ1) is 17.0. The Kier molecular flexibility index (Phi) is 6.09. The molecule has 2 aromatic carbocycles. The summed E-state index contributed by atoms with van der Waals surface area (Å²) >= 11 is 0. The van der Waals surface area contributed by atoms with E-state index >= 15 is 0 Å². The molecule has 1 N–H and O–H groups in total. The fourth-order valence-corrected chi connectivity index (χ4v) is 5.07. The lowest BCUT2D eigenvalue weighted by Gasteiger charge is -2.41. The second kappa shape index (κ2) is 9.35. The standard InChI is InChI=1S/C28H28N4O3/c1-18-12-13-29-24(16-18)30-27(33)25-20-9-4-5-10-21(20)28(34)32(14-15-35-3)26(25)22-17-31(2)23-11-7-6-8-19(22)23/h4-13,16-17,25-26H,14-15H2,1-3H3,(H,29,30,33). The highest BCUT2D eigenvalue weighted by molar-refractivity contribution is 6.05. The van der Waals surface area contributed by atoms with Gasteiger partial charge < -0.3 is 19.5 Å². The number of nitrogens with one attached hydrogen (secondary N) is 1. The van der Waals surface area contributed by atoms with E-state index in [4.69, 9.17) is 4.74 Å². The number of amides is 2. The summed E-state index contributed by atoms with van der Waals surface area (Å²) in [6, 6.07) is 18.7. The Morgan fingerprint density at radius 2 is 1.86 bits per heavy atom. The molecule has 2 atom stereocenters. The molecule has 1 aliphatic heterocycles. The number of carbonyl (C=O) groups excluding carboxylic acids is 2. The molecule has 0 bridgehead atoms. The maximum absolute atomic E-state index is 14.0. The molecule has 0 fully saturated rings. The van der Waals surface area contributed by atoms with Crippen LogP contribution in [0, 0.1) is 6.92 Å². The van der Waals surface area contributed by atoms with Crippen LogP contribution in [0.4, 0.5) is 5.82 Å². The minimum atomic E-state index is -0.631. The fourth-order valence-electron chi connectivity index (χ4n) is 5.07. The van der Waals surface area contributed by atoms with Crippen molar-refractivity contribution in [1.29, 1.82) is 0 Å². The molecule has 3 heterocycles. The molecule has 4 aromatic rings. The van der Waals surface area contributed by atoms with Gasteiger partial charge in [0.1, 0.15) is 5.82 Å². The largest absolute Gasteiger partial charge is 0.383 e. The van der Waals surface area contributed by atoms with Gasteiger partial charge in [0.15, 0.2) is 0 Å². The number of benzene rings is 2. The lowest BCUT2D eigenvalue weighted by Crippen LogP contribution is -2.47. The van der Waals surface area contributed by atoms with Gasteiger partial charge in [-0.1, -0.05) is 36.4 Å². The number of carbonyl (C=O) groups is 2. The van der Waals surface area contributed by atoms with Crippen LogP contribution in [0.5, 0.6) is 0 Å². The van der Waals surface area contributed by atoms with Crippen LogP contribution in [-0.2, 0) is 16.6 Å². The molecule has 7 nitrogen and oxygen atoms in total. The van der Waals surface area contributed by atoms with Crippen molar-refractivity contribution in [2.24, 2.45) is 7.05 Å². The molecular formula is C28H28N4O3. The van der Waals surface area contributed by atoms with Crippen LogP contribution in [0.1, 0.15) is 39.0 Å². The number of pyridine rings is 1. The summed E-state index contributed by atoms with van der Waals surface area (Å²) < 4.78 is 7.40. The van der Waals surface area contributed by atoms with Crippen LogP contribution in [0.15, 0.2) is 73.1 Å². The molecule has 1 aliphatic rings. The minimum absolute atomic E-state index is 0.103. The van der Waals surface area contributed by atoms with E-state index in [1.165, 1.54) is 0 Å². The van der Waals surface area contributed by atoms with E-state index in [1.54, 1.807) is 24.3 Å². The maximum atomic E-state index is 14.0. The average molecular weight is 469 g/mol. The van der Waals surface area contributed by atoms with E-state index < -0.39 is 12.0 Å². The number of fused-ring (bicyclic) bond motifs is 2. The minimum Gasteiger partial charge on any atom is -0.383 e. The molecule has 5 rings (SSSR count). The number of nitrogens with zero attached hydrogens (tertiary/aromatic N) is 3. The third-order valence-electron chi connectivity index (χ3n) is 6.67. The van der Waals surface area contributed by atoms with Crippen LogP contribution < -0.4 is 5.32 Å². The first kappa shape index (κ1) is 22.8. The van der Waals surface area contributed by atoms with E-state index in [0.29, 0.717) is 30.1 Å². The number of ether oxygens (including phenoxy) is 1.